The monoisotopic (exact) mass is 279 g/mol. The van der Waals surface area contributed by atoms with Gasteiger partial charge < -0.3 is 10.5 Å². The average Bonchev–Trinajstić information content (AvgIpc) is 2.41. The topological polar surface area (TPSA) is 35.2 Å². The Hall–Kier alpha value is -1.58. The van der Waals surface area contributed by atoms with Crippen LogP contribution in [-0.4, -0.2) is 6.54 Å². The highest BCUT2D eigenvalue weighted by Crippen LogP contribution is 2.25. The second kappa shape index (κ2) is 6.04. The van der Waals surface area contributed by atoms with Crippen molar-refractivity contribution in [1.29, 1.82) is 0 Å². The average molecular weight is 280 g/mol. The molecule has 2 aromatic rings. The SMILES string of the molecule is Cc1ccc(F)c(OC(CN)c2ccc(Cl)cc2)c1. The van der Waals surface area contributed by atoms with Crippen molar-refractivity contribution in [2.75, 3.05) is 6.54 Å². The Morgan fingerprint density at radius 3 is 2.53 bits per heavy atom. The van der Waals surface area contributed by atoms with Crippen molar-refractivity contribution >= 4 is 11.6 Å². The fourth-order valence-corrected chi connectivity index (χ4v) is 1.91. The molecule has 0 spiro atoms. The number of hydrogen-bond donors (Lipinski definition) is 1. The van der Waals surface area contributed by atoms with Gasteiger partial charge in [-0.1, -0.05) is 29.8 Å². The van der Waals surface area contributed by atoms with Gasteiger partial charge in [0.2, 0.25) is 0 Å². The van der Waals surface area contributed by atoms with Gasteiger partial charge in [-0.25, -0.2) is 4.39 Å². The highest BCUT2D eigenvalue weighted by Gasteiger charge is 2.14. The Bertz CT molecular complexity index is 557. The summed E-state index contributed by atoms with van der Waals surface area (Å²) >= 11 is 5.83. The van der Waals surface area contributed by atoms with Crippen LogP contribution in [0, 0.1) is 12.7 Å². The Labute approximate surface area is 117 Å². The number of rotatable bonds is 4. The minimum absolute atomic E-state index is 0.213. The van der Waals surface area contributed by atoms with Crippen molar-refractivity contribution in [2.45, 2.75) is 13.0 Å². The predicted molar refractivity (Wildman–Crippen MR) is 75.0 cm³/mol. The van der Waals surface area contributed by atoms with Crippen LogP contribution in [-0.2, 0) is 0 Å². The number of nitrogens with two attached hydrogens (primary N) is 1. The molecule has 0 aromatic heterocycles. The molecule has 0 fully saturated rings. The van der Waals surface area contributed by atoms with Gasteiger partial charge in [0.1, 0.15) is 6.10 Å². The van der Waals surface area contributed by atoms with E-state index in [1.807, 2.05) is 19.1 Å². The van der Waals surface area contributed by atoms with Crippen LogP contribution in [0.25, 0.3) is 0 Å². The van der Waals surface area contributed by atoms with Crippen molar-refractivity contribution in [1.82, 2.24) is 0 Å². The van der Waals surface area contributed by atoms with Gasteiger partial charge in [-0.15, -0.1) is 0 Å². The minimum Gasteiger partial charge on any atom is -0.481 e. The third-order valence-corrected chi connectivity index (χ3v) is 3.06. The fourth-order valence-electron chi connectivity index (χ4n) is 1.78. The molecule has 0 amide bonds. The van der Waals surface area contributed by atoms with Crippen molar-refractivity contribution < 1.29 is 9.13 Å². The second-order valence-corrected chi connectivity index (χ2v) is 4.76. The molecule has 0 aliphatic rings. The van der Waals surface area contributed by atoms with Crippen LogP contribution in [0.4, 0.5) is 4.39 Å². The van der Waals surface area contributed by atoms with Crippen molar-refractivity contribution in [3.8, 4) is 5.75 Å². The lowest BCUT2D eigenvalue weighted by Gasteiger charge is -2.18. The Morgan fingerprint density at radius 2 is 1.89 bits per heavy atom. The number of halogens is 2. The van der Waals surface area contributed by atoms with Gasteiger partial charge in [-0.3, -0.25) is 0 Å². The Kier molecular flexibility index (Phi) is 4.40. The van der Waals surface area contributed by atoms with Crippen LogP contribution in [0.2, 0.25) is 5.02 Å². The molecule has 1 unspecified atom stereocenters. The smallest absolute Gasteiger partial charge is 0.165 e. The summed E-state index contributed by atoms with van der Waals surface area (Å²) in [5.41, 5.74) is 7.50. The van der Waals surface area contributed by atoms with E-state index in [4.69, 9.17) is 22.1 Å². The van der Waals surface area contributed by atoms with Gasteiger partial charge in [-0.05, 0) is 42.3 Å². The lowest BCUT2D eigenvalue weighted by atomic mass is 10.1. The molecule has 0 radical (unpaired) electrons. The third kappa shape index (κ3) is 3.46. The van der Waals surface area contributed by atoms with Gasteiger partial charge in [0.05, 0.1) is 0 Å². The summed E-state index contributed by atoms with van der Waals surface area (Å²) in [6, 6.07) is 11.9. The normalized spacial score (nSPS) is 12.2. The van der Waals surface area contributed by atoms with Gasteiger partial charge in [-0.2, -0.15) is 0 Å². The maximum absolute atomic E-state index is 13.7. The molecular weight excluding hydrogens is 265 g/mol. The van der Waals surface area contributed by atoms with E-state index in [2.05, 4.69) is 0 Å². The molecule has 4 heteroatoms. The molecular formula is C15H15ClFNO. The summed E-state index contributed by atoms with van der Waals surface area (Å²) in [7, 11) is 0. The zero-order valence-electron chi connectivity index (χ0n) is 10.6. The van der Waals surface area contributed by atoms with E-state index in [1.54, 1.807) is 24.3 Å². The maximum Gasteiger partial charge on any atom is 0.165 e. The molecule has 2 rings (SSSR count). The molecule has 2 aromatic carbocycles. The van der Waals surface area contributed by atoms with E-state index in [9.17, 15) is 4.39 Å². The van der Waals surface area contributed by atoms with Crippen molar-refractivity contribution in [2.24, 2.45) is 5.73 Å². The quantitative estimate of drug-likeness (QED) is 0.922. The van der Waals surface area contributed by atoms with Crippen LogP contribution in [0.15, 0.2) is 42.5 Å². The van der Waals surface area contributed by atoms with Crippen LogP contribution < -0.4 is 10.5 Å². The minimum atomic E-state index is -0.395. The van der Waals surface area contributed by atoms with Gasteiger partial charge in [0, 0.05) is 11.6 Å². The molecule has 2 nitrogen and oxygen atoms in total. The molecule has 19 heavy (non-hydrogen) atoms. The third-order valence-electron chi connectivity index (χ3n) is 2.81. The van der Waals surface area contributed by atoms with E-state index >= 15 is 0 Å². The maximum atomic E-state index is 13.7. The first-order chi connectivity index (χ1) is 9.10. The molecule has 1 atom stereocenters. The molecule has 0 saturated heterocycles. The fraction of sp³-hybridized carbons (Fsp3) is 0.200. The zero-order valence-corrected chi connectivity index (χ0v) is 11.3. The first-order valence-electron chi connectivity index (χ1n) is 5.98. The Morgan fingerprint density at radius 1 is 1.21 bits per heavy atom. The van der Waals surface area contributed by atoms with Gasteiger partial charge >= 0.3 is 0 Å². The van der Waals surface area contributed by atoms with E-state index in [0.29, 0.717) is 5.02 Å². The highest BCUT2D eigenvalue weighted by molar-refractivity contribution is 6.30. The molecule has 0 aliphatic carbocycles. The van der Waals surface area contributed by atoms with Crippen molar-refractivity contribution in [3.05, 3.63) is 64.4 Å². The summed E-state index contributed by atoms with van der Waals surface area (Å²) in [4.78, 5) is 0. The molecule has 0 saturated carbocycles. The van der Waals surface area contributed by atoms with Crippen LogP contribution in [0.1, 0.15) is 17.2 Å². The molecule has 0 aliphatic heterocycles. The zero-order chi connectivity index (χ0) is 13.8. The van der Waals surface area contributed by atoms with Gasteiger partial charge in [0.25, 0.3) is 0 Å². The van der Waals surface area contributed by atoms with E-state index < -0.39 is 11.9 Å². The highest BCUT2D eigenvalue weighted by atomic mass is 35.5. The van der Waals surface area contributed by atoms with Crippen LogP contribution in [0.3, 0.4) is 0 Å². The largest absolute Gasteiger partial charge is 0.481 e. The summed E-state index contributed by atoms with van der Waals surface area (Å²) in [6.45, 7) is 2.14. The van der Waals surface area contributed by atoms with E-state index in [-0.39, 0.29) is 12.3 Å². The van der Waals surface area contributed by atoms with E-state index in [1.165, 1.54) is 6.07 Å². The summed E-state index contributed by atoms with van der Waals surface area (Å²) in [5, 5.41) is 0.640. The number of aryl methyl sites for hydroxylation is 1. The van der Waals surface area contributed by atoms with Crippen molar-refractivity contribution in [3.63, 3.8) is 0 Å². The summed E-state index contributed by atoms with van der Waals surface area (Å²) in [6.07, 6.45) is -0.395. The van der Waals surface area contributed by atoms with Crippen LogP contribution in [0.5, 0.6) is 5.75 Å². The van der Waals surface area contributed by atoms with Gasteiger partial charge in [0.15, 0.2) is 11.6 Å². The Balaban J connectivity index is 2.23. The number of benzene rings is 2. The predicted octanol–water partition coefficient (Wildman–Crippen LogP) is 3.87. The second-order valence-electron chi connectivity index (χ2n) is 4.33. The lowest BCUT2D eigenvalue weighted by Crippen LogP contribution is -2.18. The van der Waals surface area contributed by atoms with E-state index in [0.717, 1.165) is 11.1 Å². The first kappa shape index (κ1) is 13.8. The number of hydrogen-bond acceptors (Lipinski definition) is 2. The summed E-state index contributed by atoms with van der Waals surface area (Å²) < 4.78 is 19.3. The molecule has 2 N–H and O–H groups in total. The standard InChI is InChI=1S/C15H15ClFNO/c1-10-2-7-13(17)14(8-10)19-15(9-18)11-3-5-12(16)6-4-11/h2-8,15H,9,18H2,1H3. The van der Waals surface area contributed by atoms with Crippen LogP contribution >= 0.6 is 11.6 Å². The first-order valence-corrected chi connectivity index (χ1v) is 6.36. The molecule has 0 bridgehead atoms. The molecule has 100 valence electrons. The molecule has 0 heterocycles. The summed E-state index contributed by atoms with van der Waals surface area (Å²) in [5.74, 6) is -0.177. The lowest BCUT2D eigenvalue weighted by molar-refractivity contribution is 0.204. The number of ether oxygens (including phenoxy) is 1.